The van der Waals surface area contributed by atoms with Crippen molar-refractivity contribution in [2.75, 3.05) is 13.2 Å². The lowest BCUT2D eigenvalue weighted by Crippen LogP contribution is -2.37. The van der Waals surface area contributed by atoms with Gasteiger partial charge in [0.25, 0.3) is 0 Å². The molecule has 0 saturated heterocycles. The van der Waals surface area contributed by atoms with Crippen LogP contribution in [0.15, 0.2) is 28.4 Å². The first kappa shape index (κ1) is 15.0. The van der Waals surface area contributed by atoms with E-state index in [2.05, 4.69) is 0 Å². The van der Waals surface area contributed by atoms with E-state index in [9.17, 15) is 4.79 Å². The van der Waals surface area contributed by atoms with Crippen molar-refractivity contribution in [3.63, 3.8) is 0 Å². The Balaban J connectivity index is 1.81. The highest BCUT2D eigenvalue weighted by atomic mass is 32.1. The van der Waals surface area contributed by atoms with Crippen molar-refractivity contribution in [1.29, 1.82) is 0 Å². The van der Waals surface area contributed by atoms with Gasteiger partial charge in [0.1, 0.15) is 18.0 Å². The molecule has 0 atom stereocenters. The Morgan fingerprint density at radius 2 is 2.23 bits per heavy atom. The van der Waals surface area contributed by atoms with Gasteiger partial charge in [0.15, 0.2) is 0 Å². The minimum absolute atomic E-state index is 0.304. The van der Waals surface area contributed by atoms with E-state index in [-0.39, 0.29) is 6.09 Å². The smallest absolute Gasteiger partial charge is 0.410 e. The van der Waals surface area contributed by atoms with E-state index in [1.165, 1.54) is 0 Å². The quantitative estimate of drug-likeness (QED) is 0.792. The van der Waals surface area contributed by atoms with Crippen LogP contribution in [0.2, 0.25) is 0 Å². The molecule has 0 radical (unpaired) electrons. The molecule has 3 rings (SSSR count). The fourth-order valence-corrected chi connectivity index (χ4v) is 3.27. The van der Waals surface area contributed by atoms with Gasteiger partial charge in [-0.1, -0.05) is 0 Å². The molecular weight excluding hydrogens is 302 g/mol. The first-order valence-corrected chi connectivity index (χ1v) is 8.06. The number of amides is 1. The second-order valence-corrected chi connectivity index (χ2v) is 7.13. The van der Waals surface area contributed by atoms with Crippen LogP contribution in [0.25, 0.3) is 11.1 Å². The number of hydrogen-bond donors (Lipinski definition) is 0. The summed E-state index contributed by atoms with van der Waals surface area (Å²) in [7, 11) is 0. The minimum atomic E-state index is -0.496. The number of hydrogen-bond acceptors (Lipinski definition) is 5. The van der Waals surface area contributed by atoms with Crippen molar-refractivity contribution in [3.8, 4) is 16.9 Å². The predicted octanol–water partition coefficient (Wildman–Crippen LogP) is 4.14. The fraction of sp³-hybridized carbons (Fsp3) is 0.438. The van der Waals surface area contributed by atoms with Crippen LogP contribution in [0.5, 0.6) is 5.75 Å². The number of fused-ring (bicyclic) bond motifs is 1. The van der Waals surface area contributed by atoms with E-state index in [1.807, 2.05) is 32.2 Å². The van der Waals surface area contributed by atoms with Gasteiger partial charge < -0.3 is 13.9 Å². The van der Waals surface area contributed by atoms with Crippen LogP contribution in [0.3, 0.4) is 0 Å². The molecule has 118 valence electrons. The Bertz CT molecular complexity index is 654. The number of ether oxygens (including phenoxy) is 2. The van der Waals surface area contributed by atoms with Crippen LogP contribution in [0, 0.1) is 0 Å². The highest BCUT2D eigenvalue weighted by Gasteiger charge is 2.27. The second-order valence-electron chi connectivity index (χ2n) is 6.16. The number of carbonyl (C=O) groups excluding carboxylic acids is 1. The van der Waals surface area contributed by atoms with Gasteiger partial charge in [0.05, 0.1) is 30.5 Å². The van der Waals surface area contributed by atoms with Crippen LogP contribution in [-0.4, -0.2) is 29.7 Å². The molecule has 22 heavy (non-hydrogen) atoms. The van der Waals surface area contributed by atoms with Gasteiger partial charge in [0.2, 0.25) is 0 Å². The standard InChI is InChI=1S/C16H19NO4S/c1-16(2,3)21-15(18)17-5-7-20-14-12(10-22-13(14)8-17)11-4-6-19-9-11/h4,6,9-10H,5,7-8H2,1-3H3. The van der Waals surface area contributed by atoms with Gasteiger partial charge >= 0.3 is 6.09 Å². The zero-order chi connectivity index (χ0) is 15.7. The van der Waals surface area contributed by atoms with E-state index < -0.39 is 5.60 Å². The molecule has 1 aliphatic heterocycles. The number of furan rings is 1. The number of nitrogens with zero attached hydrogens (tertiary/aromatic N) is 1. The normalized spacial score (nSPS) is 15.0. The Kier molecular flexibility index (Phi) is 3.87. The van der Waals surface area contributed by atoms with Crippen molar-refractivity contribution in [3.05, 3.63) is 28.8 Å². The van der Waals surface area contributed by atoms with Crippen LogP contribution in [0.1, 0.15) is 25.6 Å². The number of rotatable bonds is 1. The largest absolute Gasteiger partial charge is 0.490 e. The van der Waals surface area contributed by atoms with Crippen molar-refractivity contribution in [1.82, 2.24) is 4.90 Å². The highest BCUT2D eigenvalue weighted by Crippen LogP contribution is 2.40. The monoisotopic (exact) mass is 321 g/mol. The van der Waals surface area contributed by atoms with Gasteiger partial charge in [-0.05, 0) is 26.8 Å². The Hall–Kier alpha value is -1.95. The summed E-state index contributed by atoms with van der Waals surface area (Å²) in [4.78, 5) is 15.0. The predicted molar refractivity (Wildman–Crippen MR) is 84.2 cm³/mol. The lowest BCUT2D eigenvalue weighted by atomic mass is 10.1. The maximum Gasteiger partial charge on any atom is 0.410 e. The number of thiophene rings is 1. The topological polar surface area (TPSA) is 51.9 Å². The Morgan fingerprint density at radius 3 is 2.91 bits per heavy atom. The maximum atomic E-state index is 12.2. The van der Waals surface area contributed by atoms with Crippen LogP contribution >= 0.6 is 11.3 Å². The molecule has 0 spiro atoms. The zero-order valence-electron chi connectivity index (χ0n) is 12.9. The zero-order valence-corrected chi connectivity index (χ0v) is 13.7. The fourth-order valence-electron chi connectivity index (χ4n) is 2.26. The Labute approximate surface area is 133 Å². The molecule has 2 aromatic rings. The third-order valence-electron chi connectivity index (χ3n) is 3.24. The van der Waals surface area contributed by atoms with E-state index in [0.717, 1.165) is 21.8 Å². The third kappa shape index (κ3) is 3.11. The molecule has 0 saturated carbocycles. The van der Waals surface area contributed by atoms with Crippen molar-refractivity contribution in [2.24, 2.45) is 0 Å². The summed E-state index contributed by atoms with van der Waals surface area (Å²) in [6.45, 7) is 7.08. The van der Waals surface area contributed by atoms with Gasteiger partial charge in [-0.2, -0.15) is 0 Å². The van der Waals surface area contributed by atoms with Gasteiger partial charge in [0, 0.05) is 16.5 Å². The molecule has 2 aromatic heterocycles. The summed E-state index contributed by atoms with van der Waals surface area (Å²) in [6, 6.07) is 1.90. The SMILES string of the molecule is CC(C)(C)OC(=O)N1CCOc2c(-c3ccoc3)csc2C1. The highest BCUT2D eigenvalue weighted by molar-refractivity contribution is 7.10. The molecule has 5 nitrogen and oxygen atoms in total. The molecule has 1 amide bonds. The maximum absolute atomic E-state index is 12.2. The molecular formula is C16H19NO4S. The summed E-state index contributed by atoms with van der Waals surface area (Å²) >= 11 is 1.59. The second kappa shape index (κ2) is 5.68. The van der Waals surface area contributed by atoms with Crippen molar-refractivity contribution in [2.45, 2.75) is 32.9 Å². The molecule has 0 bridgehead atoms. The van der Waals surface area contributed by atoms with Crippen molar-refractivity contribution >= 4 is 17.4 Å². The minimum Gasteiger partial charge on any atom is -0.490 e. The lowest BCUT2D eigenvalue weighted by molar-refractivity contribution is 0.0227. The summed E-state index contributed by atoms with van der Waals surface area (Å²) in [6.07, 6.45) is 3.04. The molecule has 6 heteroatoms. The molecule has 0 aliphatic carbocycles. The van der Waals surface area contributed by atoms with Crippen LogP contribution in [-0.2, 0) is 11.3 Å². The molecule has 0 fully saturated rings. The number of carbonyl (C=O) groups is 1. The first-order valence-electron chi connectivity index (χ1n) is 7.18. The summed E-state index contributed by atoms with van der Waals surface area (Å²) in [5, 5.41) is 2.04. The molecule has 0 aromatic carbocycles. The summed E-state index contributed by atoms with van der Waals surface area (Å²) in [5.74, 6) is 0.845. The van der Waals surface area contributed by atoms with Gasteiger partial charge in [-0.15, -0.1) is 11.3 Å². The van der Waals surface area contributed by atoms with E-state index >= 15 is 0 Å². The van der Waals surface area contributed by atoms with Crippen LogP contribution in [0.4, 0.5) is 4.79 Å². The van der Waals surface area contributed by atoms with Gasteiger partial charge in [-0.25, -0.2) is 4.79 Å². The van der Waals surface area contributed by atoms with E-state index in [1.54, 1.807) is 28.8 Å². The molecule has 1 aliphatic rings. The van der Waals surface area contributed by atoms with E-state index in [0.29, 0.717) is 19.7 Å². The third-order valence-corrected chi connectivity index (χ3v) is 4.20. The van der Waals surface area contributed by atoms with Crippen LogP contribution < -0.4 is 4.74 Å². The average Bonchev–Trinajstić information content (AvgIpc) is 3.01. The lowest BCUT2D eigenvalue weighted by Gasteiger charge is -2.25. The van der Waals surface area contributed by atoms with E-state index in [4.69, 9.17) is 13.9 Å². The molecule has 0 N–H and O–H groups in total. The average molecular weight is 321 g/mol. The summed E-state index contributed by atoms with van der Waals surface area (Å²) in [5.41, 5.74) is 1.51. The first-order chi connectivity index (χ1) is 10.4. The Morgan fingerprint density at radius 1 is 1.41 bits per heavy atom. The molecule has 3 heterocycles. The van der Waals surface area contributed by atoms with Crippen molar-refractivity contribution < 1.29 is 18.7 Å². The van der Waals surface area contributed by atoms with Gasteiger partial charge in [-0.3, -0.25) is 4.90 Å². The molecule has 0 unspecified atom stereocenters. The summed E-state index contributed by atoms with van der Waals surface area (Å²) < 4.78 is 16.5.